The van der Waals surface area contributed by atoms with Crippen LogP contribution < -0.4 is 4.74 Å². The Morgan fingerprint density at radius 1 is 1.05 bits per heavy atom. The fraction of sp³-hybridized carbons (Fsp3) is 0.0714. The Hall–Kier alpha value is -0.740. The monoisotopic (exact) mass is 392 g/mol. The van der Waals surface area contributed by atoms with Gasteiger partial charge in [-0.25, -0.2) is 0 Å². The van der Waals surface area contributed by atoms with Crippen LogP contribution in [0.4, 0.5) is 0 Å². The Balaban J connectivity index is 2.51. The highest BCUT2D eigenvalue weighted by Gasteiger charge is 2.18. The summed E-state index contributed by atoms with van der Waals surface area (Å²) in [4.78, 5) is 12.5. The van der Waals surface area contributed by atoms with Crippen LogP contribution in [0.2, 0.25) is 15.1 Å². The molecule has 0 aromatic heterocycles. The smallest absolute Gasteiger partial charge is 0.195 e. The van der Waals surface area contributed by atoms with Gasteiger partial charge in [0.05, 0.1) is 17.2 Å². The van der Waals surface area contributed by atoms with E-state index < -0.39 is 0 Å². The molecule has 0 amide bonds. The highest BCUT2D eigenvalue weighted by atomic mass is 79.9. The fourth-order valence-electron chi connectivity index (χ4n) is 1.68. The maximum absolute atomic E-state index is 12.5. The van der Waals surface area contributed by atoms with Gasteiger partial charge >= 0.3 is 0 Å². The fourth-order valence-corrected chi connectivity index (χ4v) is 3.02. The molecule has 0 bridgehead atoms. The van der Waals surface area contributed by atoms with Crippen LogP contribution in [0.1, 0.15) is 15.9 Å². The maximum atomic E-state index is 12.5. The van der Waals surface area contributed by atoms with Crippen molar-refractivity contribution in [3.05, 3.63) is 61.0 Å². The van der Waals surface area contributed by atoms with Gasteiger partial charge in [0.2, 0.25) is 0 Å². The standard InChI is InChI=1S/C14H8BrCl3O2/c1-20-13-6-11(17)9(5-12(13)18)14(19)8-3-2-7(16)4-10(8)15/h2-6H,1H3. The molecule has 0 atom stereocenters. The molecule has 0 radical (unpaired) electrons. The van der Waals surface area contributed by atoms with Crippen LogP contribution in [-0.2, 0) is 0 Å². The Kier molecular flexibility index (Phi) is 4.97. The van der Waals surface area contributed by atoms with Crippen LogP contribution in [0.5, 0.6) is 5.75 Å². The number of rotatable bonds is 3. The second-order valence-electron chi connectivity index (χ2n) is 3.92. The second-order valence-corrected chi connectivity index (χ2v) is 6.03. The summed E-state index contributed by atoms with van der Waals surface area (Å²) >= 11 is 21.3. The van der Waals surface area contributed by atoms with Gasteiger partial charge < -0.3 is 4.74 Å². The van der Waals surface area contributed by atoms with Gasteiger partial charge in [-0.15, -0.1) is 0 Å². The summed E-state index contributed by atoms with van der Waals surface area (Å²) in [5.41, 5.74) is 0.762. The first-order valence-electron chi connectivity index (χ1n) is 5.47. The van der Waals surface area contributed by atoms with E-state index in [9.17, 15) is 4.79 Å². The number of benzene rings is 2. The molecule has 2 aromatic carbocycles. The van der Waals surface area contributed by atoms with E-state index in [-0.39, 0.29) is 10.8 Å². The summed E-state index contributed by atoms with van der Waals surface area (Å²) in [6, 6.07) is 7.92. The van der Waals surface area contributed by atoms with Gasteiger partial charge in [0.1, 0.15) is 5.75 Å². The lowest BCUT2D eigenvalue weighted by molar-refractivity contribution is 0.103. The summed E-state index contributed by atoms with van der Waals surface area (Å²) in [6.45, 7) is 0. The molecule has 104 valence electrons. The molecule has 0 aliphatic heterocycles. The molecule has 0 fully saturated rings. The van der Waals surface area contributed by atoms with E-state index in [1.165, 1.54) is 19.2 Å². The van der Waals surface area contributed by atoms with Crippen molar-refractivity contribution in [1.82, 2.24) is 0 Å². The average Bonchev–Trinajstić information content (AvgIpc) is 2.40. The number of carbonyl (C=O) groups is 1. The van der Waals surface area contributed by atoms with Crippen molar-refractivity contribution >= 4 is 56.5 Å². The van der Waals surface area contributed by atoms with Gasteiger partial charge in [-0.05, 0) is 40.2 Å². The first-order valence-corrected chi connectivity index (χ1v) is 7.39. The number of halogens is 4. The Morgan fingerprint density at radius 3 is 2.35 bits per heavy atom. The van der Waals surface area contributed by atoms with Crippen molar-refractivity contribution in [2.75, 3.05) is 7.11 Å². The van der Waals surface area contributed by atoms with Crippen molar-refractivity contribution in [2.24, 2.45) is 0 Å². The van der Waals surface area contributed by atoms with E-state index in [1.807, 2.05) is 0 Å². The number of ketones is 1. The van der Waals surface area contributed by atoms with Crippen LogP contribution in [0, 0.1) is 0 Å². The summed E-state index contributed by atoms with van der Waals surface area (Å²) < 4.78 is 5.65. The number of hydrogen-bond donors (Lipinski definition) is 0. The van der Waals surface area contributed by atoms with E-state index in [4.69, 9.17) is 39.5 Å². The molecule has 2 rings (SSSR count). The predicted molar refractivity (Wildman–Crippen MR) is 85.6 cm³/mol. The molecule has 0 N–H and O–H groups in total. The van der Waals surface area contributed by atoms with Crippen molar-refractivity contribution in [1.29, 1.82) is 0 Å². The summed E-state index contributed by atoms with van der Waals surface area (Å²) in [7, 11) is 1.48. The first-order chi connectivity index (χ1) is 9.43. The Morgan fingerprint density at radius 2 is 1.75 bits per heavy atom. The molecule has 2 nitrogen and oxygen atoms in total. The topological polar surface area (TPSA) is 26.3 Å². The van der Waals surface area contributed by atoms with Crippen LogP contribution in [0.15, 0.2) is 34.8 Å². The lowest BCUT2D eigenvalue weighted by atomic mass is 10.0. The van der Waals surface area contributed by atoms with Crippen molar-refractivity contribution in [3.63, 3.8) is 0 Å². The molecular weight excluding hydrogens is 386 g/mol. The van der Waals surface area contributed by atoms with Crippen LogP contribution >= 0.6 is 50.7 Å². The Bertz CT molecular complexity index is 686. The van der Waals surface area contributed by atoms with Gasteiger partial charge in [0.25, 0.3) is 0 Å². The minimum absolute atomic E-state index is 0.247. The maximum Gasteiger partial charge on any atom is 0.195 e. The SMILES string of the molecule is COc1cc(Cl)c(C(=O)c2ccc(Cl)cc2Br)cc1Cl. The van der Waals surface area contributed by atoms with E-state index in [0.717, 1.165) is 0 Å². The van der Waals surface area contributed by atoms with Gasteiger partial charge in [0, 0.05) is 26.7 Å². The molecule has 0 aliphatic carbocycles. The molecular formula is C14H8BrCl3O2. The first kappa shape index (κ1) is 15.6. The summed E-state index contributed by atoms with van der Waals surface area (Å²) in [5, 5.41) is 1.13. The molecule has 2 aromatic rings. The van der Waals surface area contributed by atoms with Crippen molar-refractivity contribution in [3.8, 4) is 5.75 Å². The average molecular weight is 394 g/mol. The molecule has 20 heavy (non-hydrogen) atoms. The third kappa shape index (κ3) is 3.12. The predicted octanol–water partition coefficient (Wildman–Crippen LogP) is 5.65. The summed E-state index contributed by atoms with van der Waals surface area (Å²) in [6.07, 6.45) is 0. The van der Waals surface area contributed by atoms with Crippen molar-refractivity contribution in [2.45, 2.75) is 0 Å². The number of hydrogen-bond acceptors (Lipinski definition) is 2. The van der Waals surface area contributed by atoms with Crippen LogP contribution in [0.3, 0.4) is 0 Å². The van der Waals surface area contributed by atoms with E-state index in [0.29, 0.717) is 31.4 Å². The summed E-state index contributed by atoms with van der Waals surface area (Å²) in [5.74, 6) is 0.173. The lowest BCUT2D eigenvalue weighted by Crippen LogP contribution is -2.04. The number of ether oxygens (including phenoxy) is 1. The van der Waals surface area contributed by atoms with Crippen LogP contribution in [-0.4, -0.2) is 12.9 Å². The zero-order valence-electron chi connectivity index (χ0n) is 10.2. The highest BCUT2D eigenvalue weighted by molar-refractivity contribution is 9.10. The number of methoxy groups -OCH3 is 1. The molecule has 0 saturated heterocycles. The van der Waals surface area contributed by atoms with E-state index in [2.05, 4.69) is 15.9 Å². The second kappa shape index (κ2) is 6.35. The molecule has 0 heterocycles. The number of carbonyl (C=O) groups excluding carboxylic acids is 1. The van der Waals surface area contributed by atoms with Gasteiger partial charge in [-0.1, -0.05) is 34.8 Å². The van der Waals surface area contributed by atoms with Gasteiger partial charge in [-0.3, -0.25) is 4.79 Å². The molecule has 0 unspecified atom stereocenters. The molecule has 6 heteroatoms. The normalized spacial score (nSPS) is 10.4. The Labute approximate surface area is 139 Å². The highest BCUT2D eigenvalue weighted by Crippen LogP contribution is 2.33. The molecule has 0 saturated carbocycles. The van der Waals surface area contributed by atoms with Gasteiger partial charge in [-0.2, -0.15) is 0 Å². The minimum atomic E-state index is -0.247. The zero-order valence-corrected chi connectivity index (χ0v) is 14.1. The molecule has 0 spiro atoms. The minimum Gasteiger partial charge on any atom is -0.495 e. The zero-order chi connectivity index (χ0) is 14.9. The third-order valence-corrected chi connectivity index (χ3v) is 4.16. The van der Waals surface area contributed by atoms with E-state index >= 15 is 0 Å². The van der Waals surface area contributed by atoms with E-state index in [1.54, 1.807) is 18.2 Å². The van der Waals surface area contributed by atoms with Gasteiger partial charge in [0.15, 0.2) is 5.78 Å². The molecule has 0 aliphatic rings. The van der Waals surface area contributed by atoms with Crippen molar-refractivity contribution < 1.29 is 9.53 Å². The largest absolute Gasteiger partial charge is 0.495 e. The van der Waals surface area contributed by atoms with Crippen LogP contribution in [0.25, 0.3) is 0 Å². The lowest BCUT2D eigenvalue weighted by Gasteiger charge is -2.09. The third-order valence-electron chi connectivity index (χ3n) is 2.66. The quantitative estimate of drug-likeness (QED) is 0.629.